The van der Waals surface area contributed by atoms with Crippen molar-refractivity contribution in [2.45, 2.75) is 32.7 Å². The SMILES string of the molecule is CC(C)N(C)CCCCNc1cc(F)c(I)cc1N. The number of nitrogens with zero attached hydrogens (tertiary/aromatic N) is 1. The fourth-order valence-electron chi connectivity index (χ4n) is 1.68. The molecule has 1 aromatic carbocycles. The third-order valence-electron chi connectivity index (χ3n) is 3.23. The van der Waals surface area contributed by atoms with Gasteiger partial charge in [-0.15, -0.1) is 0 Å². The van der Waals surface area contributed by atoms with Crippen LogP contribution in [0.5, 0.6) is 0 Å². The van der Waals surface area contributed by atoms with E-state index in [-0.39, 0.29) is 5.82 Å². The van der Waals surface area contributed by atoms with Crippen molar-refractivity contribution in [1.82, 2.24) is 4.90 Å². The van der Waals surface area contributed by atoms with Gasteiger partial charge in [0.05, 0.1) is 14.9 Å². The lowest BCUT2D eigenvalue weighted by Crippen LogP contribution is -2.27. The number of hydrogen-bond acceptors (Lipinski definition) is 3. The van der Waals surface area contributed by atoms with E-state index in [9.17, 15) is 4.39 Å². The van der Waals surface area contributed by atoms with E-state index in [4.69, 9.17) is 5.73 Å². The highest BCUT2D eigenvalue weighted by atomic mass is 127. The van der Waals surface area contributed by atoms with Crippen LogP contribution in [0.2, 0.25) is 0 Å². The molecule has 0 atom stereocenters. The number of nitrogen functional groups attached to an aromatic ring is 1. The number of halogens is 2. The standard InChI is InChI=1S/C14H23FIN3/c1-10(2)19(3)7-5-4-6-18-14-8-11(15)12(16)9-13(14)17/h8-10,18H,4-7,17H2,1-3H3. The zero-order valence-corrected chi connectivity index (χ0v) is 14.0. The Morgan fingerprint density at radius 2 is 2.05 bits per heavy atom. The number of unbranched alkanes of at least 4 members (excludes halogenated alkanes) is 1. The molecule has 0 aliphatic carbocycles. The molecule has 0 saturated heterocycles. The van der Waals surface area contributed by atoms with Gasteiger partial charge in [0.1, 0.15) is 5.82 Å². The molecule has 0 bridgehead atoms. The second-order valence-electron chi connectivity index (χ2n) is 5.06. The molecule has 1 aromatic rings. The van der Waals surface area contributed by atoms with Crippen LogP contribution >= 0.6 is 22.6 Å². The van der Waals surface area contributed by atoms with Crippen LogP contribution in [0, 0.1) is 9.39 Å². The van der Waals surface area contributed by atoms with Crippen molar-refractivity contribution in [1.29, 1.82) is 0 Å². The highest BCUT2D eigenvalue weighted by Gasteiger charge is 2.06. The van der Waals surface area contributed by atoms with E-state index in [2.05, 4.69) is 31.1 Å². The molecule has 0 spiro atoms. The summed E-state index contributed by atoms with van der Waals surface area (Å²) in [5.41, 5.74) is 7.14. The van der Waals surface area contributed by atoms with E-state index in [0.717, 1.165) is 25.9 Å². The number of anilines is 2. The van der Waals surface area contributed by atoms with Crippen molar-refractivity contribution in [3.8, 4) is 0 Å². The van der Waals surface area contributed by atoms with Crippen LogP contribution in [0.3, 0.4) is 0 Å². The van der Waals surface area contributed by atoms with E-state index < -0.39 is 0 Å². The topological polar surface area (TPSA) is 41.3 Å². The monoisotopic (exact) mass is 379 g/mol. The molecule has 3 N–H and O–H groups in total. The lowest BCUT2D eigenvalue weighted by molar-refractivity contribution is 0.269. The first-order valence-corrected chi connectivity index (χ1v) is 7.68. The molecule has 0 fully saturated rings. The fraction of sp³-hybridized carbons (Fsp3) is 0.571. The van der Waals surface area contributed by atoms with E-state index in [0.29, 0.717) is 21.0 Å². The lowest BCUT2D eigenvalue weighted by Gasteiger charge is -2.20. The summed E-state index contributed by atoms with van der Waals surface area (Å²) in [5.74, 6) is -0.225. The smallest absolute Gasteiger partial charge is 0.138 e. The summed E-state index contributed by atoms with van der Waals surface area (Å²) in [6.45, 7) is 6.27. The molecule has 0 aliphatic heterocycles. The average Bonchev–Trinajstić information content (AvgIpc) is 2.34. The number of nitrogens with two attached hydrogens (primary N) is 1. The zero-order chi connectivity index (χ0) is 14.4. The molecule has 0 saturated carbocycles. The quantitative estimate of drug-likeness (QED) is 0.433. The molecule has 1 rings (SSSR count). The first kappa shape index (κ1) is 16.5. The Bertz CT molecular complexity index is 410. The van der Waals surface area contributed by atoms with Gasteiger partial charge in [0.2, 0.25) is 0 Å². The average molecular weight is 379 g/mol. The maximum Gasteiger partial charge on any atom is 0.138 e. The Hall–Kier alpha value is -0.560. The normalized spacial score (nSPS) is 11.3. The summed E-state index contributed by atoms with van der Waals surface area (Å²) in [7, 11) is 2.13. The molecule has 5 heteroatoms. The molecule has 0 amide bonds. The Morgan fingerprint density at radius 3 is 2.68 bits per heavy atom. The Morgan fingerprint density at radius 1 is 1.37 bits per heavy atom. The first-order valence-electron chi connectivity index (χ1n) is 6.60. The molecule has 0 aliphatic rings. The van der Waals surface area contributed by atoms with E-state index in [1.165, 1.54) is 6.07 Å². The second-order valence-corrected chi connectivity index (χ2v) is 6.22. The molecule has 0 unspecified atom stereocenters. The Balaban J connectivity index is 2.32. The predicted octanol–water partition coefficient (Wildman–Crippen LogP) is 3.54. The van der Waals surface area contributed by atoms with Gasteiger partial charge in [0.25, 0.3) is 0 Å². The van der Waals surface area contributed by atoms with Crippen LogP contribution in [-0.4, -0.2) is 31.1 Å². The van der Waals surface area contributed by atoms with Crippen LogP contribution in [0.15, 0.2) is 12.1 Å². The van der Waals surface area contributed by atoms with E-state index >= 15 is 0 Å². The summed E-state index contributed by atoms with van der Waals surface area (Å²) in [5, 5.41) is 3.20. The van der Waals surface area contributed by atoms with Crippen LogP contribution in [0.4, 0.5) is 15.8 Å². The van der Waals surface area contributed by atoms with Crippen LogP contribution in [0.25, 0.3) is 0 Å². The highest BCUT2D eigenvalue weighted by Crippen LogP contribution is 2.23. The van der Waals surface area contributed by atoms with Gasteiger partial charge in [-0.05, 0) is 68.9 Å². The second kappa shape index (κ2) is 7.89. The predicted molar refractivity (Wildman–Crippen MR) is 89.0 cm³/mol. The van der Waals surface area contributed by atoms with Gasteiger partial charge >= 0.3 is 0 Å². The van der Waals surface area contributed by atoms with Gasteiger partial charge in [-0.2, -0.15) is 0 Å². The largest absolute Gasteiger partial charge is 0.397 e. The van der Waals surface area contributed by atoms with E-state index in [1.807, 2.05) is 22.6 Å². The minimum Gasteiger partial charge on any atom is -0.397 e. The molecule has 0 heterocycles. The Kier molecular flexibility index (Phi) is 6.85. The van der Waals surface area contributed by atoms with E-state index in [1.54, 1.807) is 6.07 Å². The number of rotatable bonds is 7. The molecule has 0 radical (unpaired) electrons. The molecular weight excluding hydrogens is 356 g/mol. The summed E-state index contributed by atoms with van der Waals surface area (Å²) >= 11 is 1.94. The summed E-state index contributed by atoms with van der Waals surface area (Å²) in [6.07, 6.45) is 2.17. The lowest BCUT2D eigenvalue weighted by atomic mass is 10.2. The summed E-state index contributed by atoms with van der Waals surface area (Å²) < 4.78 is 14.0. The maximum absolute atomic E-state index is 13.4. The van der Waals surface area contributed by atoms with Crippen molar-refractivity contribution in [2.75, 3.05) is 31.2 Å². The highest BCUT2D eigenvalue weighted by molar-refractivity contribution is 14.1. The van der Waals surface area contributed by atoms with Gasteiger partial charge in [-0.3, -0.25) is 0 Å². The van der Waals surface area contributed by atoms with Crippen molar-refractivity contribution in [2.24, 2.45) is 0 Å². The third kappa shape index (κ3) is 5.52. The molecule has 3 nitrogen and oxygen atoms in total. The van der Waals surface area contributed by atoms with Crippen LogP contribution in [0.1, 0.15) is 26.7 Å². The number of hydrogen-bond donors (Lipinski definition) is 2. The summed E-state index contributed by atoms with van der Waals surface area (Å²) in [4.78, 5) is 2.32. The minimum absolute atomic E-state index is 0.225. The molecule has 108 valence electrons. The minimum atomic E-state index is -0.225. The van der Waals surface area contributed by atoms with Crippen molar-refractivity contribution in [3.63, 3.8) is 0 Å². The van der Waals surface area contributed by atoms with Gasteiger partial charge in [-0.25, -0.2) is 4.39 Å². The molecule has 0 aromatic heterocycles. The van der Waals surface area contributed by atoms with Crippen molar-refractivity contribution >= 4 is 34.0 Å². The van der Waals surface area contributed by atoms with Gasteiger partial charge in [-0.1, -0.05) is 0 Å². The van der Waals surface area contributed by atoms with Gasteiger partial charge in [0.15, 0.2) is 0 Å². The molecule has 19 heavy (non-hydrogen) atoms. The van der Waals surface area contributed by atoms with Gasteiger partial charge in [0, 0.05) is 18.7 Å². The van der Waals surface area contributed by atoms with Crippen LogP contribution in [-0.2, 0) is 0 Å². The van der Waals surface area contributed by atoms with Crippen LogP contribution < -0.4 is 11.1 Å². The molecular formula is C14H23FIN3. The third-order valence-corrected chi connectivity index (χ3v) is 4.05. The van der Waals surface area contributed by atoms with Crippen molar-refractivity contribution < 1.29 is 4.39 Å². The first-order chi connectivity index (χ1) is 8.91. The maximum atomic E-state index is 13.4. The summed E-state index contributed by atoms with van der Waals surface area (Å²) in [6, 6.07) is 3.70. The Labute approximate surface area is 128 Å². The number of nitrogens with one attached hydrogen (secondary N) is 1. The van der Waals surface area contributed by atoms with Gasteiger partial charge < -0.3 is 16.0 Å². The fourth-order valence-corrected chi connectivity index (χ4v) is 2.17. The number of benzene rings is 1. The van der Waals surface area contributed by atoms with Crippen molar-refractivity contribution in [3.05, 3.63) is 21.5 Å². The zero-order valence-electron chi connectivity index (χ0n) is 11.8.